The van der Waals surface area contributed by atoms with E-state index in [4.69, 9.17) is 5.73 Å². The lowest BCUT2D eigenvalue weighted by Gasteiger charge is -2.06. The van der Waals surface area contributed by atoms with Crippen molar-refractivity contribution in [3.8, 4) is 5.82 Å². The summed E-state index contributed by atoms with van der Waals surface area (Å²) in [5, 5.41) is 4.15. The molecular formula is C13H15N7. The van der Waals surface area contributed by atoms with Crippen molar-refractivity contribution >= 4 is 5.82 Å². The van der Waals surface area contributed by atoms with Crippen LogP contribution in [0.5, 0.6) is 0 Å². The lowest BCUT2D eigenvalue weighted by atomic mass is 10.3. The Morgan fingerprint density at radius 3 is 2.85 bits per heavy atom. The Morgan fingerprint density at radius 1 is 1.15 bits per heavy atom. The van der Waals surface area contributed by atoms with Gasteiger partial charge < -0.3 is 10.3 Å². The van der Waals surface area contributed by atoms with Crippen LogP contribution in [0, 0.1) is 0 Å². The number of nitrogens with two attached hydrogens (primary N) is 1. The van der Waals surface area contributed by atoms with Gasteiger partial charge in [0.05, 0.1) is 6.33 Å². The summed E-state index contributed by atoms with van der Waals surface area (Å²) in [7, 11) is 0. The molecule has 7 heteroatoms. The van der Waals surface area contributed by atoms with E-state index in [0.717, 1.165) is 25.2 Å². The van der Waals surface area contributed by atoms with Gasteiger partial charge in [-0.2, -0.15) is 5.10 Å². The summed E-state index contributed by atoms with van der Waals surface area (Å²) in [5.74, 6) is 1.89. The Kier molecular flexibility index (Phi) is 3.40. The third kappa shape index (κ3) is 2.82. The fourth-order valence-electron chi connectivity index (χ4n) is 1.98. The molecule has 0 unspecified atom stereocenters. The van der Waals surface area contributed by atoms with Crippen LogP contribution in [0.15, 0.2) is 43.2 Å². The van der Waals surface area contributed by atoms with Crippen molar-refractivity contribution in [1.29, 1.82) is 0 Å². The van der Waals surface area contributed by atoms with E-state index in [1.807, 2.05) is 23.0 Å². The molecule has 2 N–H and O–H groups in total. The van der Waals surface area contributed by atoms with Gasteiger partial charge in [-0.25, -0.2) is 19.6 Å². The van der Waals surface area contributed by atoms with Crippen molar-refractivity contribution in [1.82, 2.24) is 29.3 Å². The minimum Gasteiger partial charge on any atom is -0.384 e. The molecule has 3 aromatic heterocycles. The van der Waals surface area contributed by atoms with Crippen molar-refractivity contribution in [2.75, 3.05) is 5.73 Å². The number of rotatable bonds is 5. The zero-order valence-corrected chi connectivity index (χ0v) is 10.9. The minimum atomic E-state index is 0.461. The molecule has 3 aromatic rings. The molecule has 0 saturated carbocycles. The summed E-state index contributed by atoms with van der Waals surface area (Å²) in [5.41, 5.74) is 5.82. The number of anilines is 1. The quantitative estimate of drug-likeness (QED) is 0.748. The normalized spacial score (nSPS) is 10.8. The van der Waals surface area contributed by atoms with E-state index >= 15 is 0 Å². The van der Waals surface area contributed by atoms with Crippen LogP contribution in [0.4, 0.5) is 5.82 Å². The highest BCUT2D eigenvalue weighted by atomic mass is 15.3. The molecule has 0 spiro atoms. The molecule has 0 amide bonds. The summed E-state index contributed by atoms with van der Waals surface area (Å²) in [6, 6.07) is 3.56. The molecule has 0 aliphatic heterocycles. The van der Waals surface area contributed by atoms with Crippen molar-refractivity contribution in [2.24, 2.45) is 0 Å². The highest BCUT2D eigenvalue weighted by Gasteiger charge is 2.05. The standard InChI is InChI=1S/C13H15N7/c14-11-9-13(20-7-2-4-16-20)18-12(17-11)3-1-6-19-8-5-15-10-19/h2,4-5,7-10H,1,3,6H2,(H2,14,17,18). The van der Waals surface area contributed by atoms with Crippen molar-refractivity contribution in [3.05, 3.63) is 49.1 Å². The predicted molar refractivity (Wildman–Crippen MR) is 74.1 cm³/mol. The fourth-order valence-corrected chi connectivity index (χ4v) is 1.98. The van der Waals surface area contributed by atoms with Crippen LogP contribution in [0.1, 0.15) is 12.2 Å². The lowest BCUT2D eigenvalue weighted by Crippen LogP contribution is -2.07. The molecule has 0 aliphatic carbocycles. The van der Waals surface area contributed by atoms with Gasteiger partial charge in [0, 0.05) is 43.8 Å². The van der Waals surface area contributed by atoms with Gasteiger partial charge >= 0.3 is 0 Å². The first kappa shape index (κ1) is 12.3. The predicted octanol–water partition coefficient (Wildman–Crippen LogP) is 1.07. The average molecular weight is 269 g/mol. The second kappa shape index (κ2) is 5.52. The van der Waals surface area contributed by atoms with Gasteiger partial charge in [-0.3, -0.25) is 0 Å². The smallest absolute Gasteiger partial charge is 0.159 e. The van der Waals surface area contributed by atoms with E-state index in [0.29, 0.717) is 11.6 Å². The molecule has 3 heterocycles. The van der Waals surface area contributed by atoms with Crippen LogP contribution in [0.3, 0.4) is 0 Å². The first-order valence-electron chi connectivity index (χ1n) is 6.40. The van der Waals surface area contributed by atoms with E-state index in [1.165, 1.54) is 0 Å². The SMILES string of the molecule is Nc1cc(-n2cccn2)nc(CCCn2ccnc2)n1. The van der Waals surface area contributed by atoms with Crippen LogP contribution >= 0.6 is 0 Å². The van der Waals surface area contributed by atoms with Gasteiger partial charge in [0.2, 0.25) is 0 Å². The largest absolute Gasteiger partial charge is 0.384 e. The molecule has 3 rings (SSSR count). The number of nitrogens with zero attached hydrogens (tertiary/aromatic N) is 6. The monoisotopic (exact) mass is 269 g/mol. The van der Waals surface area contributed by atoms with E-state index in [1.54, 1.807) is 29.5 Å². The summed E-state index contributed by atoms with van der Waals surface area (Å²) in [4.78, 5) is 12.8. The Balaban J connectivity index is 1.70. The highest BCUT2D eigenvalue weighted by molar-refractivity contribution is 5.36. The molecule has 0 aromatic carbocycles. The van der Waals surface area contributed by atoms with Gasteiger partial charge in [-0.1, -0.05) is 0 Å². The number of hydrogen-bond acceptors (Lipinski definition) is 5. The average Bonchev–Trinajstić information content (AvgIpc) is 3.11. The van der Waals surface area contributed by atoms with E-state index in [2.05, 4.69) is 20.1 Å². The molecule has 0 radical (unpaired) electrons. The molecular weight excluding hydrogens is 254 g/mol. The molecule has 20 heavy (non-hydrogen) atoms. The van der Waals surface area contributed by atoms with Gasteiger partial charge in [-0.05, 0) is 12.5 Å². The molecule has 0 fully saturated rings. The van der Waals surface area contributed by atoms with Crippen LogP contribution in [-0.4, -0.2) is 29.3 Å². The summed E-state index contributed by atoms with van der Waals surface area (Å²) in [6.45, 7) is 0.884. The Bertz CT molecular complexity index is 658. The van der Waals surface area contributed by atoms with E-state index in [-0.39, 0.29) is 0 Å². The maximum atomic E-state index is 5.82. The van der Waals surface area contributed by atoms with Gasteiger partial charge in [0.1, 0.15) is 11.6 Å². The van der Waals surface area contributed by atoms with Gasteiger partial charge in [-0.15, -0.1) is 0 Å². The number of hydrogen-bond donors (Lipinski definition) is 1. The molecule has 0 bridgehead atoms. The lowest BCUT2D eigenvalue weighted by molar-refractivity contribution is 0.627. The van der Waals surface area contributed by atoms with Crippen LogP contribution in [-0.2, 0) is 13.0 Å². The molecule has 0 aliphatic rings. The van der Waals surface area contributed by atoms with Crippen LogP contribution in [0.2, 0.25) is 0 Å². The zero-order valence-electron chi connectivity index (χ0n) is 10.9. The van der Waals surface area contributed by atoms with Gasteiger partial charge in [0.25, 0.3) is 0 Å². The summed E-state index contributed by atoms with van der Waals surface area (Å²) >= 11 is 0. The van der Waals surface area contributed by atoms with Crippen molar-refractivity contribution in [2.45, 2.75) is 19.4 Å². The topological polar surface area (TPSA) is 87.4 Å². The summed E-state index contributed by atoms with van der Waals surface area (Å²) in [6.07, 6.45) is 10.7. The zero-order chi connectivity index (χ0) is 13.8. The molecule has 102 valence electrons. The first-order valence-corrected chi connectivity index (χ1v) is 6.40. The molecule has 7 nitrogen and oxygen atoms in total. The Morgan fingerprint density at radius 2 is 2.10 bits per heavy atom. The number of imidazole rings is 1. The van der Waals surface area contributed by atoms with Crippen molar-refractivity contribution < 1.29 is 0 Å². The number of nitrogen functional groups attached to an aromatic ring is 1. The van der Waals surface area contributed by atoms with Crippen molar-refractivity contribution in [3.63, 3.8) is 0 Å². The second-order valence-electron chi connectivity index (χ2n) is 4.42. The number of aryl methyl sites for hydroxylation is 2. The Hall–Kier alpha value is -2.70. The molecule has 0 atom stereocenters. The van der Waals surface area contributed by atoms with Crippen LogP contribution < -0.4 is 5.73 Å². The maximum absolute atomic E-state index is 5.82. The van der Waals surface area contributed by atoms with E-state index in [9.17, 15) is 0 Å². The highest BCUT2D eigenvalue weighted by Crippen LogP contribution is 2.09. The Labute approximate surface area is 116 Å². The molecule has 0 saturated heterocycles. The van der Waals surface area contributed by atoms with Gasteiger partial charge in [0.15, 0.2) is 5.82 Å². The van der Waals surface area contributed by atoms with E-state index < -0.39 is 0 Å². The second-order valence-corrected chi connectivity index (χ2v) is 4.42. The number of aromatic nitrogens is 6. The first-order chi connectivity index (χ1) is 9.81. The maximum Gasteiger partial charge on any atom is 0.159 e. The summed E-state index contributed by atoms with van der Waals surface area (Å²) < 4.78 is 3.71. The fraction of sp³-hybridized carbons (Fsp3) is 0.231. The van der Waals surface area contributed by atoms with Crippen LogP contribution in [0.25, 0.3) is 5.82 Å². The third-order valence-electron chi connectivity index (χ3n) is 2.89. The minimum absolute atomic E-state index is 0.461. The third-order valence-corrected chi connectivity index (χ3v) is 2.89.